The topological polar surface area (TPSA) is 46.2 Å². The minimum absolute atomic E-state index is 0.0277. The first-order valence-electron chi connectivity index (χ1n) is 6.68. The fourth-order valence-corrected chi connectivity index (χ4v) is 3.96. The molecule has 2 rings (SSSR count). The monoisotopic (exact) mass is 367 g/mol. The molecule has 112 valence electrons. The molecule has 2 atom stereocenters. The van der Waals surface area contributed by atoms with Crippen molar-refractivity contribution in [2.45, 2.75) is 29.6 Å². The molecule has 0 heterocycles. The van der Waals surface area contributed by atoms with Gasteiger partial charge in [0.1, 0.15) is 0 Å². The highest BCUT2D eigenvalue weighted by Crippen LogP contribution is 2.24. The van der Waals surface area contributed by atoms with Gasteiger partial charge in [0.05, 0.1) is 10.9 Å². The lowest BCUT2D eigenvalue weighted by molar-refractivity contribution is 0.555. The average molecular weight is 368 g/mol. The van der Waals surface area contributed by atoms with E-state index >= 15 is 0 Å². The summed E-state index contributed by atoms with van der Waals surface area (Å²) in [5.41, 5.74) is 1.96. The summed E-state index contributed by atoms with van der Waals surface area (Å²) in [5, 5.41) is 0. The molecule has 0 unspecified atom stereocenters. The van der Waals surface area contributed by atoms with E-state index in [0.29, 0.717) is 0 Å². The summed E-state index contributed by atoms with van der Waals surface area (Å²) in [5.74, 6) is 0. The Labute approximate surface area is 134 Å². The molecule has 3 nitrogen and oxygen atoms in total. The van der Waals surface area contributed by atoms with Crippen LogP contribution in [0.25, 0.3) is 0 Å². The summed E-state index contributed by atoms with van der Waals surface area (Å²) >= 11 is 3.49. The predicted molar refractivity (Wildman–Crippen MR) is 89.1 cm³/mol. The quantitative estimate of drug-likeness (QED) is 0.816. The van der Waals surface area contributed by atoms with Crippen molar-refractivity contribution < 1.29 is 8.42 Å². The molecule has 0 fully saturated rings. The lowest BCUT2D eigenvalue weighted by Gasteiger charge is -2.21. The fraction of sp³-hybridized carbons (Fsp3) is 0.250. The molecule has 0 saturated heterocycles. The number of alkyl halides is 1. The second kappa shape index (κ2) is 6.73. The zero-order valence-corrected chi connectivity index (χ0v) is 14.4. The summed E-state index contributed by atoms with van der Waals surface area (Å²) in [4.78, 5) is 0.252. The molecule has 0 aliphatic carbocycles. The van der Waals surface area contributed by atoms with Crippen molar-refractivity contribution in [2.24, 2.45) is 0 Å². The fourth-order valence-electron chi connectivity index (χ4n) is 2.04. The molecule has 5 heteroatoms. The van der Waals surface area contributed by atoms with Gasteiger partial charge in [-0.25, -0.2) is 13.1 Å². The third-order valence-corrected chi connectivity index (χ3v) is 5.22. The van der Waals surface area contributed by atoms with Crippen molar-refractivity contribution in [2.75, 3.05) is 0 Å². The summed E-state index contributed by atoms with van der Waals surface area (Å²) in [6.07, 6.45) is 0. The van der Waals surface area contributed by atoms with E-state index < -0.39 is 10.0 Å². The predicted octanol–water partition coefficient (Wildman–Crippen LogP) is 3.80. The van der Waals surface area contributed by atoms with Crippen LogP contribution in [0, 0.1) is 6.92 Å². The van der Waals surface area contributed by atoms with E-state index in [1.165, 1.54) is 0 Å². The highest BCUT2D eigenvalue weighted by Gasteiger charge is 2.24. The van der Waals surface area contributed by atoms with Gasteiger partial charge >= 0.3 is 0 Å². The number of benzene rings is 2. The van der Waals surface area contributed by atoms with Gasteiger partial charge in [0.25, 0.3) is 0 Å². The number of hydrogen-bond acceptors (Lipinski definition) is 2. The summed E-state index contributed by atoms with van der Waals surface area (Å²) in [7, 11) is -3.55. The number of rotatable bonds is 5. The van der Waals surface area contributed by atoms with Gasteiger partial charge < -0.3 is 0 Å². The minimum atomic E-state index is -3.55. The second-order valence-corrected chi connectivity index (χ2v) is 8.16. The average Bonchev–Trinajstić information content (AvgIpc) is 2.46. The van der Waals surface area contributed by atoms with E-state index in [1.54, 1.807) is 24.3 Å². The zero-order chi connectivity index (χ0) is 15.5. The number of hydrogen-bond donors (Lipinski definition) is 1. The van der Waals surface area contributed by atoms with E-state index in [2.05, 4.69) is 20.7 Å². The maximum Gasteiger partial charge on any atom is 0.241 e. The highest BCUT2D eigenvalue weighted by molar-refractivity contribution is 9.09. The lowest BCUT2D eigenvalue weighted by Crippen LogP contribution is -2.32. The van der Waals surface area contributed by atoms with Crippen LogP contribution in [0.3, 0.4) is 0 Å². The van der Waals surface area contributed by atoms with Gasteiger partial charge in [-0.2, -0.15) is 0 Å². The van der Waals surface area contributed by atoms with Gasteiger partial charge in [-0.15, -0.1) is 0 Å². The van der Waals surface area contributed by atoms with E-state index in [9.17, 15) is 8.42 Å². The first-order chi connectivity index (χ1) is 9.90. The number of sulfonamides is 1. The van der Waals surface area contributed by atoms with Crippen LogP contribution in [-0.2, 0) is 10.0 Å². The van der Waals surface area contributed by atoms with Crippen LogP contribution >= 0.6 is 15.9 Å². The molecular weight excluding hydrogens is 350 g/mol. The summed E-state index contributed by atoms with van der Waals surface area (Å²) < 4.78 is 27.8. The Morgan fingerprint density at radius 3 is 2.10 bits per heavy atom. The number of nitrogens with one attached hydrogen (secondary N) is 1. The SMILES string of the molecule is Cc1ccc(S(=O)(=O)N[C@H](c2ccccc2)[C@H](C)Br)cc1. The zero-order valence-electron chi connectivity index (χ0n) is 12.0. The number of halogens is 1. The Morgan fingerprint density at radius 1 is 1.00 bits per heavy atom. The standard InChI is InChI=1S/C16H18BrNO2S/c1-12-8-10-15(11-9-12)21(19,20)18-16(13(2)17)14-6-4-3-5-7-14/h3-11,13,16,18H,1-2H3/t13-,16-/m0/s1. The molecule has 0 saturated carbocycles. The van der Waals surface area contributed by atoms with Crippen LogP contribution in [0.15, 0.2) is 59.5 Å². The van der Waals surface area contributed by atoms with Crippen LogP contribution in [-0.4, -0.2) is 13.2 Å². The van der Waals surface area contributed by atoms with Gasteiger partial charge in [-0.1, -0.05) is 70.9 Å². The molecule has 0 aliphatic heterocycles. The van der Waals surface area contributed by atoms with Gasteiger partial charge in [0.15, 0.2) is 0 Å². The van der Waals surface area contributed by atoms with Crippen LogP contribution in [0.4, 0.5) is 0 Å². The van der Waals surface area contributed by atoms with Crippen molar-refractivity contribution in [1.82, 2.24) is 4.72 Å². The molecule has 2 aromatic rings. The molecule has 0 aromatic heterocycles. The third kappa shape index (κ3) is 4.15. The maximum absolute atomic E-state index is 12.5. The van der Waals surface area contributed by atoms with Crippen LogP contribution in [0.2, 0.25) is 0 Å². The summed E-state index contributed by atoms with van der Waals surface area (Å²) in [6, 6.07) is 16.1. The molecule has 0 amide bonds. The van der Waals surface area contributed by atoms with Crippen molar-refractivity contribution in [3.63, 3.8) is 0 Å². The van der Waals surface area contributed by atoms with Crippen molar-refractivity contribution in [1.29, 1.82) is 0 Å². The Morgan fingerprint density at radius 2 is 1.57 bits per heavy atom. The molecule has 0 aliphatic rings. The Bertz CT molecular complexity index is 682. The van der Waals surface area contributed by atoms with Crippen molar-refractivity contribution >= 4 is 26.0 Å². The first kappa shape index (κ1) is 16.2. The highest BCUT2D eigenvalue weighted by atomic mass is 79.9. The first-order valence-corrected chi connectivity index (χ1v) is 9.08. The van der Waals surface area contributed by atoms with Gasteiger partial charge in [0, 0.05) is 4.83 Å². The molecular formula is C16H18BrNO2S. The second-order valence-electron chi connectivity index (χ2n) is 5.00. The van der Waals surface area contributed by atoms with Crippen LogP contribution in [0.5, 0.6) is 0 Å². The molecule has 0 bridgehead atoms. The van der Waals surface area contributed by atoms with Crippen LogP contribution in [0.1, 0.15) is 24.1 Å². The number of aryl methyl sites for hydroxylation is 1. The largest absolute Gasteiger partial charge is 0.241 e. The van der Waals surface area contributed by atoms with Crippen molar-refractivity contribution in [3.8, 4) is 0 Å². The Kier molecular flexibility index (Phi) is 5.19. The van der Waals surface area contributed by atoms with E-state index in [0.717, 1.165) is 11.1 Å². The maximum atomic E-state index is 12.5. The normalized spacial score (nSPS) is 14.6. The molecule has 21 heavy (non-hydrogen) atoms. The van der Waals surface area contributed by atoms with E-state index in [4.69, 9.17) is 0 Å². The van der Waals surface area contributed by atoms with Crippen molar-refractivity contribution in [3.05, 3.63) is 65.7 Å². The third-order valence-electron chi connectivity index (χ3n) is 3.23. The Balaban J connectivity index is 2.30. The smallest absolute Gasteiger partial charge is 0.207 e. The molecule has 0 radical (unpaired) electrons. The van der Waals surface area contributed by atoms with Gasteiger partial charge in [-0.05, 0) is 24.6 Å². The van der Waals surface area contributed by atoms with Gasteiger partial charge in [0.2, 0.25) is 10.0 Å². The molecule has 1 N–H and O–H groups in total. The molecule has 2 aromatic carbocycles. The minimum Gasteiger partial charge on any atom is -0.207 e. The Hall–Kier alpha value is -1.17. The van der Waals surface area contributed by atoms with E-state index in [-0.39, 0.29) is 15.8 Å². The van der Waals surface area contributed by atoms with Gasteiger partial charge in [-0.3, -0.25) is 0 Å². The molecule has 0 spiro atoms. The van der Waals surface area contributed by atoms with Crippen LogP contribution < -0.4 is 4.72 Å². The summed E-state index contributed by atoms with van der Waals surface area (Å²) in [6.45, 7) is 3.85. The van der Waals surface area contributed by atoms with E-state index in [1.807, 2.05) is 44.2 Å². The lowest BCUT2D eigenvalue weighted by atomic mass is 10.1.